The fourth-order valence-corrected chi connectivity index (χ4v) is 3.60. The molecule has 126 valence electrons. The van der Waals surface area contributed by atoms with Gasteiger partial charge in [0.15, 0.2) is 5.65 Å². The average molecular weight is 340 g/mol. The lowest BCUT2D eigenvalue weighted by molar-refractivity contribution is -0.144. The number of carbonyl (C=O) groups is 1. The van der Waals surface area contributed by atoms with Crippen molar-refractivity contribution >= 4 is 27.0 Å². The maximum absolute atomic E-state index is 12.6. The Morgan fingerprint density at radius 3 is 2.74 bits per heavy atom. The quantitative estimate of drug-likeness (QED) is 0.744. The van der Waals surface area contributed by atoms with Crippen molar-refractivity contribution in [1.82, 2.24) is 19.1 Å². The van der Waals surface area contributed by atoms with Crippen molar-refractivity contribution in [2.24, 2.45) is 13.0 Å². The zero-order valence-electron chi connectivity index (χ0n) is 13.8. The van der Waals surface area contributed by atoms with Gasteiger partial charge in [-0.3, -0.25) is 9.48 Å². The summed E-state index contributed by atoms with van der Waals surface area (Å²) in [5.74, 6) is -1.01. The fraction of sp³-hybridized carbons (Fsp3) is 0.500. The molecular formula is C14H20N4O4S. The number of rotatable bonds is 5. The lowest BCUT2D eigenvalue weighted by Crippen LogP contribution is -2.34. The number of sulfonamides is 1. The molecule has 0 aliphatic heterocycles. The zero-order chi connectivity index (χ0) is 17.4. The van der Waals surface area contributed by atoms with E-state index in [0.717, 1.165) is 4.31 Å². The third kappa shape index (κ3) is 3.20. The van der Waals surface area contributed by atoms with Crippen LogP contribution >= 0.6 is 0 Å². The number of nitrogens with zero attached hydrogens (tertiary/aromatic N) is 4. The van der Waals surface area contributed by atoms with E-state index in [9.17, 15) is 13.2 Å². The molecule has 0 N–H and O–H groups in total. The maximum Gasteiger partial charge on any atom is 0.309 e. The number of hydrogen-bond donors (Lipinski definition) is 0. The Morgan fingerprint density at radius 2 is 2.13 bits per heavy atom. The van der Waals surface area contributed by atoms with E-state index in [-0.39, 0.29) is 11.4 Å². The van der Waals surface area contributed by atoms with Gasteiger partial charge in [0.25, 0.3) is 0 Å². The number of aryl methyl sites for hydroxylation is 2. The fourth-order valence-electron chi connectivity index (χ4n) is 2.37. The van der Waals surface area contributed by atoms with Gasteiger partial charge in [-0.25, -0.2) is 17.7 Å². The van der Waals surface area contributed by atoms with Gasteiger partial charge in [0, 0.05) is 32.2 Å². The first-order valence-corrected chi connectivity index (χ1v) is 8.46. The van der Waals surface area contributed by atoms with Crippen molar-refractivity contribution in [2.45, 2.75) is 18.7 Å². The summed E-state index contributed by atoms with van der Waals surface area (Å²) in [6.45, 7) is 3.44. The minimum Gasteiger partial charge on any atom is -0.469 e. The SMILES string of the molecule is COC(=O)[C@H](C)CN(C)S(=O)(=O)c1cnc2c(c1)c(C)nn2C. The van der Waals surface area contributed by atoms with Gasteiger partial charge >= 0.3 is 5.97 Å². The molecule has 0 saturated carbocycles. The molecule has 0 unspecified atom stereocenters. The van der Waals surface area contributed by atoms with Crippen LogP contribution < -0.4 is 0 Å². The highest BCUT2D eigenvalue weighted by atomic mass is 32.2. The first-order valence-electron chi connectivity index (χ1n) is 7.02. The van der Waals surface area contributed by atoms with Crippen LogP contribution in [-0.4, -0.2) is 54.2 Å². The second kappa shape index (κ2) is 6.25. The standard InChI is InChI=1S/C14H20N4O4S/c1-9(14(19)22-5)8-17(3)23(20,21)11-6-12-10(2)16-18(4)13(12)15-7-11/h6-7,9H,8H2,1-5H3/t9-/m1/s1. The van der Waals surface area contributed by atoms with Crippen LogP contribution in [0.4, 0.5) is 0 Å². The minimum absolute atomic E-state index is 0.0269. The summed E-state index contributed by atoms with van der Waals surface area (Å²) in [4.78, 5) is 15.7. The molecule has 0 aliphatic carbocycles. The van der Waals surface area contributed by atoms with Crippen LogP contribution in [-0.2, 0) is 26.6 Å². The van der Waals surface area contributed by atoms with E-state index >= 15 is 0 Å². The molecule has 0 spiro atoms. The van der Waals surface area contributed by atoms with E-state index in [4.69, 9.17) is 0 Å². The molecule has 0 amide bonds. The van der Waals surface area contributed by atoms with E-state index in [1.165, 1.54) is 20.4 Å². The molecule has 2 rings (SSSR count). The van der Waals surface area contributed by atoms with Crippen LogP contribution in [0.1, 0.15) is 12.6 Å². The number of aromatic nitrogens is 3. The molecule has 23 heavy (non-hydrogen) atoms. The van der Waals surface area contributed by atoms with Crippen molar-refractivity contribution in [3.05, 3.63) is 18.0 Å². The van der Waals surface area contributed by atoms with Gasteiger partial charge in [-0.15, -0.1) is 0 Å². The van der Waals surface area contributed by atoms with Gasteiger partial charge in [0.05, 0.1) is 18.7 Å². The normalized spacial score (nSPS) is 13.5. The molecule has 0 bridgehead atoms. The summed E-state index contributed by atoms with van der Waals surface area (Å²) in [7, 11) is 0.702. The molecule has 1 atom stereocenters. The molecule has 8 nitrogen and oxygen atoms in total. The zero-order valence-corrected chi connectivity index (χ0v) is 14.6. The summed E-state index contributed by atoms with van der Waals surface area (Å²) >= 11 is 0. The van der Waals surface area contributed by atoms with Gasteiger partial charge < -0.3 is 4.74 Å². The van der Waals surface area contributed by atoms with Crippen LogP contribution in [0.5, 0.6) is 0 Å². The molecular weight excluding hydrogens is 320 g/mol. The largest absolute Gasteiger partial charge is 0.469 e. The van der Waals surface area contributed by atoms with Crippen LogP contribution in [0, 0.1) is 12.8 Å². The highest BCUT2D eigenvalue weighted by Crippen LogP contribution is 2.22. The number of hydrogen-bond acceptors (Lipinski definition) is 6. The molecule has 0 saturated heterocycles. The minimum atomic E-state index is -3.75. The molecule has 2 aromatic rings. The second-order valence-electron chi connectivity index (χ2n) is 5.46. The van der Waals surface area contributed by atoms with Gasteiger partial charge in [0.1, 0.15) is 4.90 Å². The molecule has 2 heterocycles. The Kier molecular flexibility index (Phi) is 4.71. The van der Waals surface area contributed by atoms with Gasteiger partial charge in [-0.05, 0) is 13.0 Å². The maximum atomic E-state index is 12.6. The van der Waals surface area contributed by atoms with E-state index in [1.54, 1.807) is 31.6 Å². The van der Waals surface area contributed by atoms with Crippen molar-refractivity contribution < 1.29 is 17.9 Å². The third-order valence-electron chi connectivity index (χ3n) is 3.68. The van der Waals surface area contributed by atoms with Crippen LogP contribution in [0.3, 0.4) is 0 Å². The first-order chi connectivity index (χ1) is 10.7. The Hall–Kier alpha value is -2.00. The lowest BCUT2D eigenvalue weighted by atomic mass is 10.2. The molecule has 0 aromatic carbocycles. The van der Waals surface area contributed by atoms with E-state index < -0.39 is 21.9 Å². The topological polar surface area (TPSA) is 94.4 Å². The van der Waals surface area contributed by atoms with Crippen LogP contribution in [0.25, 0.3) is 11.0 Å². The van der Waals surface area contributed by atoms with E-state index in [0.29, 0.717) is 16.7 Å². The van der Waals surface area contributed by atoms with Crippen molar-refractivity contribution in [1.29, 1.82) is 0 Å². The monoisotopic (exact) mass is 340 g/mol. The average Bonchev–Trinajstić information content (AvgIpc) is 2.80. The summed E-state index contributed by atoms with van der Waals surface area (Å²) in [5, 5.41) is 4.91. The first kappa shape index (κ1) is 17.4. The number of carbonyl (C=O) groups excluding carboxylic acids is 1. The van der Waals surface area contributed by atoms with Crippen molar-refractivity contribution in [3.8, 4) is 0 Å². The predicted molar refractivity (Wildman–Crippen MR) is 84.2 cm³/mol. The Morgan fingerprint density at radius 1 is 1.48 bits per heavy atom. The molecule has 2 aromatic heterocycles. The molecule has 9 heteroatoms. The number of esters is 1. The van der Waals surface area contributed by atoms with Crippen molar-refractivity contribution in [3.63, 3.8) is 0 Å². The number of ether oxygens (including phenoxy) is 1. The summed E-state index contributed by atoms with van der Waals surface area (Å²) < 4.78 is 32.6. The van der Waals surface area contributed by atoms with E-state index in [1.807, 2.05) is 0 Å². The Labute approximate surface area is 135 Å². The van der Waals surface area contributed by atoms with Gasteiger partial charge in [-0.2, -0.15) is 5.10 Å². The summed E-state index contributed by atoms with van der Waals surface area (Å²) in [6, 6.07) is 1.55. The number of pyridine rings is 1. The Bertz CT molecular complexity index is 844. The Balaban J connectivity index is 2.35. The predicted octanol–water partition coefficient (Wildman–Crippen LogP) is 0.706. The summed E-state index contributed by atoms with van der Waals surface area (Å²) in [6.07, 6.45) is 1.30. The molecule has 0 radical (unpaired) electrons. The lowest BCUT2D eigenvalue weighted by Gasteiger charge is -2.19. The van der Waals surface area contributed by atoms with E-state index in [2.05, 4.69) is 14.8 Å². The van der Waals surface area contributed by atoms with Gasteiger partial charge in [-0.1, -0.05) is 6.92 Å². The summed E-state index contributed by atoms with van der Waals surface area (Å²) in [5.41, 5.74) is 1.32. The smallest absolute Gasteiger partial charge is 0.309 e. The highest BCUT2D eigenvalue weighted by molar-refractivity contribution is 7.89. The van der Waals surface area contributed by atoms with Crippen molar-refractivity contribution in [2.75, 3.05) is 20.7 Å². The highest BCUT2D eigenvalue weighted by Gasteiger charge is 2.26. The number of methoxy groups -OCH3 is 1. The molecule has 0 fully saturated rings. The van der Waals surface area contributed by atoms with Crippen LogP contribution in [0.15, 0.2) is 17.2 Å². The number of fused-ring (bicyclic) bond motifs is 1. The third-order valence-corrected chi connectivity index (χ3v) is 5.47. The molecule has 0 aliphatic rings. The second-order valence-corrected chi connectivity index (χ2v) is 7.51. The van der Waals surface area contributed by atoms with Crippen LogP contribution in [0.2, 0.25) is 0 Å². The van der Waals surface area contributed by atoms with Gasteiger partial charge in [0.2, 0.25) is 10.0 Å².